The van der Waals surface area contributed by atoms with Gasteiger partial charge < -0.3 is 10.3 Å². The molecule has 0 radical (unpaired) electrons. The molecule has 1 aromatic carbocycles. The summed E-state index contributed by atoms with van der Waals surface area (Å²) in [4.78, 5) is 14.2. The maximum absolute atomic E-state index is 11.1. The Morgan fingerprint density at radius 1 is 1.38 bits per heavy atom. The van der Waals surface area contributed by atoms with Crippen molar-refractivity contribution in [1.82, 2.24) is 10.3 Å². The Hall–Kier alpha value is -1.77. The predicted molar refractivity (Wildman–Crippen MR) is 65.3 cm³/mol. The molecular weight excluding hydrogens is 200 g/mol. The van der Waals surface area contributed by atoms with Crippen LogP contribution in [-0.2, 0) is 11.2 Å². The zero-order chi connectivity index (χ0) is 11.4. The topological polar surface area (TPSA) is 44.9 Å². The van der Waals surface area contributed by atoms with Crippen molar-refractivity contribution in [2.24, 2.45) is 0 Å². The summed E-state index contributed by atoms with van der Waals surface area (Å²) in [5.41, 5.74) is 2.39. The second kappa shape index (κ2) is 4.84. The standard InChI is InChI=1S/C13H16N2O/c1-2-13(16)15-7-5-10-3-4-11-6-8-14-12(11)9-10/h3-4,6,8-9,14H,2,5,7H2,1H3,(H,15,16). The maximum Gasteiger partial charge on any atom is 0.219 e. The lowest BCUT2D eigenvalue weighted by Crippen LogP contribution is -2.24. The van der Waals surface area contributed by atoms with Gasteiger partial charge in [-0.15, -0.1) is 0 Å². The van der Waals surface area contributed by atoms with E-state index in [1.807, 2.05) is 13.1 Å². The third kappa shape index (κ3) is 2.42. The Morgan fingerprint density at radius 3 is 3.06 bits per heavy atom. The second-order valence-electron chi connectivity index (χ2n) is 3.85. The molecule has 16 heavy (non-hydrogen) atoms. The van der Waals surface area contributed by atoms with E-state index in [1.165, 1.54) is 10.9 Å². The summed E-state index contributed by atoms with van der Waals surface area (Å²) in [5.74, 6) is 0.112. The molecule has 2 N–H and O–H groups in total. The first-order chi connectivity index (χ1) is 7.79. The first-order valence-electron chi connectivity index (χ1n) is 5.62. The van der Waals surface area contributed by atoms with E-state index in [-0.39, 0.29) is 5.91 Å². The van der Waals surface area contributed by atoms with Gasteiger partial charge in [0, 0.05) is 24.7 Å². The van der Waals surface area contributed by atoms with Crippen LogP contribution >= 0.6 is 0 Å². The minimum absolute atomic E-state index is 0.112. The number of rotatable bonds is 4. The van der Waals surface area contributed by atoms with Crippen molar-refractivity contribution >= 4 is 16.8 Å². The number of amides is 1. The van der Waals surface area contributed by atoms with Crippen molar-refractivity contribution in [3.05, 3.63) is 36.0 Å². The molecular formula is C13H16N2O. The quantitative estimate of drug-likeness (QED) is 0.808. The number of hydrogen-bond donors (Lipinski definition) is 2. The molecule has 0 saturated carbocycles. The van der Waals surface area contributed by atoms with Crippen LogP contribution in [0.5, 0.6) is 0 Å². The summed E-state index contributed by atoms with van der Waals surface area (Å²) in [5, 5.41) is 4.10. The van der Waals surface area contributed by atoms with Crippen LogP contribution in [0.4, 0.5) is 0 Å². The van der Waals surface area contributed by atoms with Gasteiger partial charge in [0.1, 0.15) is 0 Å². The number of aromatic nitrogens is 1. The number of nitrogens with one attached hydrogen (secondary N) is 2. The molecule has 0 saturated heterocycles. The van der Waals surface area contributed by atoms with Gasteiger partial charge in [-0.1, -0.05) is 19.1 Å². The first-order valence-corrected chi connectivity index (χ1v) is 5.62. The zero-order valence-corrected chi connectivity index (χ0v) is 9.42. The summed E-state index contributed by atoms with van der Waals surface area (Å²) in [6.07, 6.45) is 3.36. The predicted octanol–water partition coefficient (Wildman–Crippen LogP) is 2.24. The highest BCUT2D eigenvalue weighted by Gasteiger charge is 1.99. The highest BCUT2D eigenvalue weighted by molar-refractivity contribution is 5.80. The van der Waals surface area contributed by atoms with E-state index in [0.29, 0.717) is 13.0 Å². The summed E-state index contributed by atoms with van der Waals surface area (Å²) >= 11 is 0. The molecule has 0 aliphatic carbocycles. The van der Waals surface area contributed by atoms with Crippen LogP contribution in [0.15, 0.2) is 30.5 Å². The van der Waals surface area contributed by atoms with Crippen LogP contribution in [0.2, 0.25) is 0 Å². The van der Waals surface area contributed by atoms with E-state index in [0.717, 1.165) is 11.9 Å². The fourth-order valence-corrected chi connectivity index (χ4v) is 1.72. The Kier molecular flexibility index (Phi) is 3.25. The van der Waals surface area contributed by atoms with E-state index in [4.69, 9.17) is 0 Å². The molecule has 3 heteroatoms. The van der Waals surface area contributed by atoms with Gasteiger partial charge >= 0.3 is 0 Å². The number of carbonyl (C=O) groups excluding carboxylic acids is 1. The molecule has 0 aliphatic heterocycles. The van der Waals surface area contributed by atoms with Crippen LogP contribution < -0.4 is 5.32 Å². The van der Waals surface area contributed by atoms with Crippen LogP contribution in [-0.4, -0.2) is 17.4 Å². The maximum atomic E-state index is 11.1. The largest absolute Gasteiger partial charge is 0.361 e. The van der Waals surface area contributed by atoms with Crippen molar-refractivity contribution in [2.75, 3.05) is 6.54 Å². The fraction of sp³-hybridized carbons (Fsp3) is 0.308. The Bertz CT molecular complexity index is 487. The molecule has 1 heterocycles. The second-order valence-corrected chi connectivity index (χ2v) is 3.85. The van der Waals surface area contributed by atoms with Crippen molar-refractivity contribution < 1.29 is 4.79 Å². The molecule has 0 spiro atoms. The van der Waals surface area contributed by atoms with Crippen LogP contribution in [0.3, 0.4) is 0 Å². The summed E-state index contributed by atoms with van der Waals surface area (Å²) in [6, 6.07) is 8.39. The molecule has 3 nitrogen and oxygen atoms in total. The van der Waals surface area contributed by atoms with Gasteiger partial charge in [-0.2, -0.15) is 0 Å². The zero-order valence-electron chi connectivity index (χ0n) is 9.42. The van der Waals surface area contributed by atoms with Gasteiger partial charge in [-0.05, 0) is 29.5 Å². The lowest BCUT2D eigenvalue weighted by molar-refractivity contribution is -0.120. The highest BCUT2D eigenvalue weighted by atomic mass is 16.1. The van der Waals surface area contributed by atoms with E-state index < -0.39 is 0 Å². The summed E-state index contributed by atoms with van der Waals surface area (Å²) < 4.78 is 0. The molecule has 2 aromatic rings. The average Bonchev–Trinajstić information content (AvgIpc) is 2.76. The van der Waals surface area contributed by atoms with Crippen LogP contribution in [0.1, 0.15) is 18.9 Å². The minimum atomic E-state index is 0.112. The number of benzene rings is 1. The van der Waals surface area contributed by atoms with Crippen LogP contribution in [0.25, 0.3) is 10.9 Å². The van der Waals surface area contributed by atoms with E-state index in [1.54, 1.807) is 0 Å². The van der Waals surface area contributed by atoms with E-state index in [9.17, 15) is 4.79 Å². The van der Waals surface area contributed by atoms with Crippen molar-refractivity contribution in [3.63, 3.8) is 0 Å². The van der Waals surface area contributed by atoms with Gasteiger partial charge in [0.2, 0.25) is 5.91 Å². The third-order valence-electron chi connectivity index (χ3n) is 2.68. The van der Waals surface area contributed by atoms with Crippen molar-refractivity contribution in [3.8, 4) is 0 Å². The Morgan fingerprint density at radius 2 is 2.25 bits per heavy atom. The lowest BCUT2D eigenvalue weighted by Gasteiger charge is -2.03. The number of fused-ring (bicyclic) bond motifs is 1. The molecule has 1 aromatic heterocycles. The highest BCUT2D eigenvalue weighted by Crippen LogP contribution is 2.14. The van der Waals surface area contributed by atoms with Crippen molar-refractivity contribution in [2.45, 2.75) is 19.8 Å². The van der Waals surface area contributed by atoms with Gasteiger partial charge in [0.15, 0.2) is 0 Å². The van der Waals surface area contributed by atoms with Crippen molar-refractivity contribution in [1.29, 1.82) is 0 Å². The van der Waals surface area contributed by atoms with E-state index in [2.05, 4.69) is 34.6 Å². The minimum Gasteiger partial charge on any atom is -0.361 e. The normalized spacial score (nSPS) is 10.6. The number of carbonyl (C=O) groups is 1. The third-order valence-corrected chi connectivity index (χ3v) is 2.68. The molecule has 0 bridgehead atoms. The molecule has 0 atom stereocenters. The smallest absolute Gasteiger partial charge is 0.219 e. The molecule has 1 amide bonds. The number of aromatic amines is 1. The van der Waals surface area contributed by atoms with Gasteiger partial charge in [0.05, 0.1) is 0 Å². The fourth-order valence-electron chi connectivity index (χ4n) is 1.72. The summed E-state index contributed by atoms with van der Waals surface area (Å²) in [6.45, 7) is 2.57. The van der Waals surface area contributed by atoms with Gasteiger partial charge in [-0.3, -0.25) is 4.79 Å². The molecule has 2 rings (SSSR count). The first kappa shape index (κ1) is 10.7. The lowest BCUT2D eigenvalue weighted by atomic mass is 10.1. The summed E-state index contributed by atoms with van der Waals surface area (Å²) in [7, 11) is 0. The molecule has 0 fully saturated rings. The Labute approximate surface area is 94.9 Å². The van der Waals surface area contributed by atoms with Crippen LogP contribution in [0, 0.1) is 0 Å². The monoisotopic (exact) mass is 216 g/mol. The number of hydrogen-bond acceptors (Lipinski definition) is 1. The van der Waals surface area contributed by atoms with E-state index >= 15 is 0 Å². The van der Waals surface area contributed by atoms with Gasteiger partial charge in [0.25, 0.3) is 0 Å². The average molecular weight is 216 g/mol. The molecule has 84 valence electrons. The molecule has 0 aliphatic rings. The SMILES string of the molecule is CCC(=O)NCCc1ccc2cc[nH]c2c1. The van der Waals surface area contributed by atoms with Gasteiger partial charge in [-0.25, -0.2) is 0 Å². The number of H-pyrrole nitrogens is 1. The molecule has 0 unspecified atom stereocenters. The Balaban J connectivity index is 1.96.